The highest BCUT2D eigenvalue weighted by atomic mass is 35.5. The molecule has 0 atom stereocenters. The first-order chi connectivity index (χ1) is 28.9. The Bertz CT molecular complexity index is 2980. The van der Waals surface area contributed by atoms with E-state index in [4.69, 9.17) is 34.8 Å². The van der Waals surface area contributed by atoms with E-state index in [9.17, 15) is 46.1 Å². The van der Waals surface area contributed by atoms with Gasteiger partial charge in [0.25, 0.3) is 11.8 Å². The molecular weight excluding hydrogens is 873 g/mol. The molecular formula is C42H23Cl3F6N6O4. The van der Waals surface area contributed by atoms with Crippen molar-refractivity contribution in [3.05, 3.63) is 153 Å². The second kappa shape index (κ2) is 16.7. The summed E-state index contributed by atoms with van der Waals surface area (Å²) in [6, 6.07) is 25.4. The molecule has 7 aromatic carbocycles. The van der Waals surface area contributed by atoms with Crippen molar-refractivity contribution in [2.24, 2.45) is 20.5 Å². The van der Waals surface area contributed by atoms with Gasteiger partial charge < -0.3 is 20.8 Å². The van der Waals surface area contributed by atoms with E-state index in [1.807, 2.05) is 0 Å². The maximum atomic E-state index is 13.6. The Morgan fingerprint density at radius 3 is 1.38 bits per heavy atom. The molecule has 0 spiro atoms. The van der Waals surface area contributed by atoms with Gasteiger partial charge in [-0.1, -0.05) is 83.3 Å². The number of aromatic hydroxyl groups is 2. The number of fused-ring (bicyclic) bond motifs is 2. The third-order valence-corrected chi connectivity index (χ3v) is 9.94. The maximum absolute atomic E-state index is 13.6. The Balaban J connectivity index is 1.12. The summed E-state index contributed by atoms with van der Waals surface area (Å²) < 4.78 is 79.1. The van der Waals surface area contributed by atoms with Crippen molar-refractivity contribution in [3.63, 3.8) is 0 Å². The van der Waals surface area contributed by atoms with E-state index in [-0.39, 0.29) is 50.3 Å². The molecule has 0 aromatic heterocycles. The van der Waals surface area contributed by atoms with Crippen LogP contribution in [0.2, 0.25) is 15.1 Å². The van der Waals surface area contributed by atoms with Crippen molar-refractivity contribution < 1.29 is 46.1 Å². The first-order valence-electron chi connectivity index (χ1n) is 17.4. The molecule has 0 bridgehead atoms. The molecule has 0 aliphatic heterocycles. The zero-order valence-electron chi connectivity index (χ0n) is 30.4. The third kappa shape index (κ3) is 9.06. The van der Waals surface area contributed by atoms with Crippen LogP contribution >= 0.6 is 34.8 Å². The normalized spacial score (nSPS) is 12.1. The van der Waals surface area contributed by atoms with Crippen LogP contribution in [0.3, 0.4) is 0 Å². The van der Waals surface area contributed by atoms with Gasteiger partial charge in [0.2, 0.25) is 0 Å². The number of benzene rings is 7. The number of phenolic OH excluding ortho intramolecular Hbond substituents is 2. The molecule has 7 rings (SSSR count). The molecule has 0 fully saturated rings. The van der Waals surface area contributed by atoms with Gasteiger partial charge in [0.15, 0.2) is 11.5 Å². The van der Waals surface area contributed by atoms with Crippen LogP contribution in [0, 0.1) is 0 Å². The number of anilines is 2. The molecule has 0 aliphatic carbocycles. The SMILES string of the molecule is O=C(Nc1ccc(NC(=O)c2cc3ccccc3c(N=Nc3ccc(C(F)(F)F)c(Cl)c3)c2O)c(Cl)c1)c1cc2ccccc2c(N=Nc2ccc(C(F)(F)F)c(Cl)c2)c1O. The second-order valence-electron chi connectivity index (χ2n) is 13.0. The average Bonchev–Trinajstić information content (AvgIpc) is 3.19. The number of nitrogens with zero attached hydrogens (tertiary/aromatic N) is 4. The molecule has 0 saturated carbocycles. The van der Waals surface area contributed by atoms with E-state index in [1.54, 1.807) is 48.5 Å². The Morgan fingerprint density at radius 1 is 0.508 bits per heavy atom. The van der Waals surface area contributed by atoms with Gasteiger partial charge in [0.1, 0.15) is 11.4 Å². The molecule has 19 heteroatoms. The van der Waals surface area contributed by atoms with Gasteiger partial charge in [-0.25, -0.2) is 0 Å². The lowest BCUT2D eigenvalue weighted by Crippen LogP contribution is -2.14. The number of rotatable bonds is 8. The Labute approximate surface area is 354 Å². The van der Waals surface area contributed by atoms with E-state index < -0.39 is 56.8 Å². The first-order valence-corrected chi connectivity index (χ1v) is 18.5. The zero-order chi connectivity index (χ0) is 43.8. The number of alkyl halides is 6. The van der Waals surface area contributed by atoms with Crippen molar-refractivity contribution in [2.45, 2.75) is 12.4 Å². The molecule has 0 unspecified atom stereocenters. The summed E-state index contributed by atoms with van der Waals surface area (Å²) in [5.41, 5.74) is -2.87. The largest absolute Gasteiger partial charge is 0.505 e. The summed E-state index contributed by atoms with van der Waals surface area (Å²) in [4.78, 5) is 27.1. The number of halogens is 9. The molecule has 2 amide bonds. The molecule has 308 valence electrons. The smallest absolute Gasteiger partial charge is 0.417 e. The van der Waals surface area contributed by atoms with Crippen LogP contribution in [0.1, 0.15) is 31.8 Å². The number of azo groups is 2. The highest BCUT2D eigenvalue weighted by Crippen LogP contribution is 2.43. The van der Waals surface area contributed by atoms with Crippen LogP contribution in [0.4, 0.5) is 60.5 Å². The van der Waals surface area contributed by atoms with Crippen LogP contribution in [0.15, 0.2) is 136 Å². The summed E-state index contributed by atoms with van der Waals surface area (Å²) >= 11 is 18.2. The monoisotopic (exact) mass is 894 g/mol. The zero-order valence-corrected chi connectivity index (χ0v) is 32.6. The van der Waals surface area contributed by atoms with Crippen molar-refractivity contribution in [1.82, 2.24) is 0 Å². The minimum atomic E-state index is -4.69. The first kappa shape index (κ1) is 42.4. The number of amides is 2. The van der Waals surface area contributed by atoms with Gasteiger partial charge in [-0.2, -0.15) is 36.6 Å². The van der Waals surface area contributed by atoms with E-state index in [0.29, 0.717) is 21.5 Å². The predicted molar refractivity (Wildman–Crippen MR) is 220 cm³/mol. The van der Waals surface area contributed by atoms with Crippen LogP contribution in [0.5, 0.6) is 11.5 Å². The lowest BCUT2D eigenvalue weighted by Gasteiger charge is -2.14. The van der Waals surface area contributed by atoms with Gasteiger partial charge in [-0.05, 0) is 77.5 Å². The predicted octanol–water partition coefficient (Wildman–Crippen LogP) is 14.7. The molecule has 10 nitrogen and oxygen atoms in total. The van der Waals surface area contributed by atoms with Crippen LogP contribution in [0.25, 0.3) is 21.5 Å². The third-order valence-electron chi connectivity index (χ3n) is 9.00. The van der Waals surface area contributed by atoms with Crippen LogP contribution in [-0.4, -0.2) is 22.0 Å². The maximum Gasteiger partial charge on any atom is 0.417 e. The molecule has 7 aromatic rings. The lowest BCUT2D eigenvalue weighted by molar-refractivity contribution is -0.138. The number of hydrogen-bond acceptors (Lipinski definition) is 8. The highest BCUT2D eigenvalue weighted by Gasteiger charge is 2.34. The Hall–Kier alpha value is -6.75. The second-order valence-corrected chi connectivity index (χ2v) is 14.2. The summed E-state index contributed by atoms with van der Waals surface area (Å²) in [5, 5.41) is 44.1. The van der Waals surface area contributed by atoms with Crippen molar-refractivity contribution in [3.8, 4) is 11.5 Å². The van der Waals surface area contributed by atoms with E-state index in [1.165, 1.54) is 30.3 Å². The van der Waals surface area contributed by atoms with Crippen molar-refractivity contribution in [2.75, 3.05) is 10.6 Å². The van der Waals surface area contributed by atoms with Gasteiger partial charge in [-0.15, -0.1) is 10.2 Å². The molecule has 0 radical (unpaired) electrons. The number of hydrogen-bond donors (Lipinski definition) is 4. The van der Waals surface area contributed by atoms with E-state index in [2.05, 4.69) is 31.1 Å². The molecule has 4 N–H and O–H groups in total. The van der Waals surface area contributed by atoms with Gasteiger partial charge in [0, 0.05) is 16.5 Å². The van der Waals surface area contributed by atoms with Crippen molar-refractivity contribution >= 4 is 102 Å². The molecule has 0 heterocycles. The molecule has 0 aliphatic rings. The summed E-state index contributed by atoms with van der Waals surface area (Å²) in [5.74, 6) is -2.84. The number of carbonyl (C=O) groups excluding carboxylic acids is 2. The lowest BCUT2D eigenvalue weighted by atomic mass is 10.0. The molecule has 0 saturated heterocycles. The number of nitrogens with one attached hydrogen (secondary N) is 2. The topological polar surface area (TPSA) is 148 Å². The average molecular weight is 896 g/mol. The highest BCUT2D eigenvalue weighted by molar-refractivity contribution is 6.34. The fraction of sp³-hybridized carbons (Fsp3) is 0.0476. The Kier molecular flexibility index (Phi) is 11.6. The number of phenols is 2. The van der Waals surface area contributed by atoms with E-state index >= 15 is 0 Å². The Morgan fingerprint density at radius 2 is 0.951 bits per heavy atom. The number of carbonyl (C=O) groups is 2. The van der Waals surface area contributed by atoms with Crippen LogP contribution in [-0.2, 0) is 12.4 Å². The quantitative estimate of drug-likeness (QED) is 0.0888. The minimum Gasteiger partial charge on any atom is -0.505 e. The van der Waals surface area contributed by atoms with Crippen molar-refractivity contribution in [1.29, 1.82) is 0 Å². The van der Waals surface area contributed by atoms with Gasteiger partial charge in [0.05, 0.1) is 54.4 Å². The van der Waals surface area contributed by atoms with Gasteiger partial charge >= 0.3 is 12.4 Å². The summed E-state index contributed by atoms with van der Waals surface area (Å²) in [6.07, 6.45) is -9.38. The van der Waals surface area contributed by atoms with E-state index in [0.717, 1.165) is 36.4 Å². The summed E-state index contributed by atoms with van der Waals surface area (Å²) in [6.45, 7) is 0. The fourth-order valence-corrected chi connectivity index (χ4v) is 6.87. The van der Waals surface area contributed by atoms with Gasteiger partial charge in [-0.3, -0.25) is 9.59 Å². The van der Waals surface area contributed by atoms with Crippen LogP contribution < -0.4 is 10.6 Å². The summed E-state index contributed by atoms with van der Waals surface area (Å²) in [7, 11) is 0. The fourth-order valence-electron chi connectivity index (χ4n) is 6.07. The molecule has 61 heavy (non-hydrogen) atoms. The standard InChI is InChI=1S/C42H23Cl3F6N6O4/c43-31-18-23(9-12-29(31)41(46,47)48)54-56-35-25-7-3-1-5-20(25)15-27(37(35)58)39(60)52-22-11-14-34(33(45)17-22)53-40(61)28-16-21-6-2-4-8-26(21)36(38(28)59)57-55-24-10-13-30(32(44)19-24)42(49,50)51/h1-19,58-59H,(H,52,60)(H,53,61). The minimum absolute atomic E-state index is 0.0534.